The van der Waals surface area contributed by atoms with E-state index in [1.165, 1.54) is 11.8 Å². The summed E-state index contributed by atoms with van der Waals surface area (Å²) in [7, 11) is 0. The molecule has 0 bridgehead atoms. The van der Waals surface area contributed by atoms with Crippen molar-refractivity contribution in [3.8, 4) is 6.07 Å². The molecule has 2 aliphatic heterocycles. The van der Waals surface area contributed by atoms with Crippen LogP contribution in [-0.2, 0) is 16.1 Å². The van der Waals surface area contributed by atoms with Crippen molar-refractivity contribution in [3.63, 3.8) is 0 Å². The number of hydrogen-bond acceptors (Lipinski definition) is 8. The van der Waals surface area contributed by atoms with Gasteiger partial charge in [0, 0.05) is 51.3 Å². The minimum atomic E-state index is -0.822. The SMILES string of the molecule is CCCn1c(N2CCN(CC)CC2)c(/C=C2\SC(=S)N(CCCCCC(=O)O)C2=O)c(C)c(C#N)c1=O. The standard InChI is InChI=1S/C26H35N5O4S2/c1-4-10-30-23(29-14-12-28(5-2)13-15-29)19(18(3)20(17-27)24(30)34)16-21-25(35)31(26(36)37-21)11-8-6-7-9-22(32)33/h16H,4-15H2,1-3H3,(H,32,33)/b21-16-. The van der Waals surface area contributed by atoms with Crippen molar-refractivity contribution in [1.82, 2.24) is 14.4 Å². The van der Waals surface area contributed by atoms with Gasteiger partial charge in [-0.25, -0.2) is 0 Å². The topological polar surface area (TPSA) is 110 Å². The number of carboxylic acid groups (broad SMARTS) is 1. The third kappa shape index (κ3) is 6.61. The van der Waals surface area contributed by atoms with E-state index >= 15 is 0 Å². The largest absolute Gasteiger partial charge is 0.481 e. The number of unbranched alkanes of at least 4 members (excludes halogenated alkanes) is 2. The predicted octanol–water partition coefficient (Wildman–Crippen LogP) is 3.43. The van der Waals surface area contributed by atoms with Crippen LogP contribution < -0.4 is 10.5 Å². The molecule has 200 valence electrons. The zero-order valence-electron chi connectivity index (χ0n) is 21.8. The first-order valence-corrected chi connectivity index (χ1v) is 14.1. The van der Waals surface area contributed by atoms with Gasteiger partial charge in [0.1, 0.15) is 21.8 Å². The Kier molecular flexibility index (Phi) is 10.3. The Bertz CT molecular complexity index is 1180. The van der Waals surface area contributed by atoms with Gasteiger partial charge < -0.3 is 14.9 Å². The van der Waals surface area contributed by atoms with E-state index in [2.05, 4.69) is 22.8 Å². The average Bonchev–Trinajstić information content (AvgIpc) is 3.14. The fourth-order valence-corrected chi connectivity index (χ4v) is 6.03. The zero-order valence-corrected chi connectivity index (χ0v) is 23.4. The van der Waals surface area contributed by atoms with Gasteiger partial charge in [0.05, 0.1) is 4.91 Å². The summed E-state index contributed by atoms with van der Waals surface area (Å²) in [5.74, 6) is -0.254. The minimum Gasteiger partial charge on any atom is -0.481 e. The first-order chi connectivity index (χ1) is 17.7. The molecule has 3 heterocycles. The monoisotopic (exact) mass is 545 g/mol. The van der Waals surface area contributed by atoms with E-state index in [4.69, 9.17) is 17.3 Å². The number of aliphatic carboxylic acids is 1. The lowest BCUT2D eigenvalue weighted by molar-refractivity contribution is -0.137. The number of nitrogens with zero attached hydrogens (tertiary/aromatic N) is 5. The van der Waals surface area contributed by atoms with E-state index in [1.54, 1.807) is 22.5 Å². The number of amides is 1. The van der Waals surface area contributed by atoms with Crippen LogP contribution in [-0.4, -0.2) is 74.9 Å². The third-order valence-electron chi connectivity index (χ3n) is 6.83. The summed E-state index contributed by atoms with van der Waals surface area (Å²) in [6.45, 7) is 11.0. The number of thiocarbonyl (C=S) groups is 1. The number of thioether (sulfide) groups is 1. The van der Waals surface area contributed by atoms with Crippen molar-refractivity contribution in [1.29, 1.82) is 5.26 Å². The highest BCUT2D eigenvalue weighted by Crippen LogP contribution is 2.36. The summed E-state index contributed by atoms with van der Waals surface area (Å²) in [6.07, 6.45) is 4.57. The second-order valence-corrected chi connectivity index (χ2v) is 10.9. The summed E-state index contributed by atoms with van der Waals surface area (Å²) >= 11 is 6.72. The summed E-state index contributed by atoms with van der Waals surface area (Å²) in [5.41, 5.74) is 1.11. The van der Waals surface area contributed by atoms with Crippen LogP contribution in [0.15, 0.2) is 9.70 Å². The molecule has 11 heteroatoms. The summed E-state index contributed by atoms with van der Waals surface area (Å²) in [5, 5.41) is 18.6. The quantitative estimate of drug-likeness (QED) is 0.254. The molecule has 1 aromatic rings. The number of carbonyl (C=O) groups excluding carboxylic acids is 1. The van der Waals surface area contributed by atoms with E-state index in [1.807, 2.05) is 6.92 Å². The molecular weight excluding hydrogens is 510 g/mol. The molecule has 0 aromatic carbocycles. The zero-order chi connectivity index (χ0) is 27.1. The molecule has 3 rings (SSSR count). The maximum atomic E-state index is 13.3. The van der Waals surface area contributed by atoms with Crippen molar-refractivity contribution in [2.75, 3.05) is 44.2 Å². The molecule has 37 heavy (non-hydrogen) atoms. The van der Waals surface area contributed by atoms with E-state index in [0.717, 1.165) is 50.5 Å². The highest BCUT2D eigenvalue weighted by atomic mass is 32.2. The summed E-state index contributed by atoms with van der Waals surface area (Å²) < 4.78 is 2.16. The van der Waals surface area contributed by atoms with Gasteiger partial charge in [-0.2, -0.15) is 5.26 Å². The van der Waals surface area contributed by atoms with Crippen LogP contribution in [0.2, 0.25) is 0 Å². The molecule has 1 N–H and O–H groups in total. The molecule has 2 aliphatic rings. The van der Waals surface area contributed by atoms with Crippen molar-refractivity contribution in [2.45, 2.75) is 59.4 Å². The minimum absolute atomic E-state index is 0.101. The Labute approximate surface area is 227 Å². The van der Waals surface area contributed by atoms with Gasteiger partial charge >= 0.3 is 5.97 Å². The Morgan fingerprint density at radius 1 is 1.14 bits per heavy atom. The van der Waals surface area contributed by atoms with Gasteiger partial charge in [-0.15, -0.1) is 0 Å². The maximum Gasteiger partial charge on any atom is 0.303 e. The summed E-state index contributed by atoms with van der Waals surface area (Å²) in [6, 6.07) is 2.09. The second-order valence-electron chi connectivity index (χ2n) is 9.26. The van der Waals surface area contributed by atoms with E-state index in [-0.39, 0.29) is 23.5 Å². The van der Waals surface area contributed by atoms with Crippen molar-refractivity contribution >= 4 is 52.1 Å². The van der Waals surface area contributed by atoms with Crippen LogP contribution in [0, 0.1) is 18.3 Å². The average molecular weight is 546 g/mol. The molecule has 9 nitrogen and oxygen atoms in total. The van der Waals surface area contributed by atoms with Crippen LogP contribution in [0.4, 0.5) is 5.82 Å². The predicted molar refractivity (Wildman–Crippen MR) is 151 cm³/mol. The molecule has 0 spiro atoms. The van der Waals surface area contributed by atoms with Gasteiger partial charge in [0.15, 0.2) is 0 Å². The molecule has 0 aliphatic carbocycles. The number of pyridine rings is 1. The molecule has 0 unspecified atom stereocenters. The number of carbonyl (C=O) groups is 2. The Morgan fingerprint density at radius 2 is 1.84 bits per heavy atom. The van der Waals surface area contributed by atoms with E-state index < -0.39 is 5.97 Å². The van der Waals surface area contributed by atoms with Gasteiger partial charge in [-0.1, -0.05) is 44.2 Å². The fraction of sp³-hybridized carbons (Fsp3) is 0.577. The maximum absolute atomic E-state index is 13.3. The van der Waals surface area contributed by atoms with Gasteiger partial charge in [-0.05, 0) is 44.4 Å². The van der Waals surface area contributed by atoms with Gasteiger partial charge in [-0.3, -0.25) is 23.9 Å². The van der Waals surface area contributed by atoms with Crippen molar-refractivity contribution in [3.05, 3.63) is 31.9 Å². The molecule has 2 fully saturated rings. The lowest BCUT2D eigenvalue weighted by atomic mass is 10.0. The van der Waals surface area contributed by atoms with Crippen LogP contribution in [0.3, 0.4) is 0 Å². The Balaban J connectivity index is 1.98. The van der Waals surface area contributed by atoms with E-state index in [9.17, 15) is 19.6 Å². The lowest BCUT2D eigenvalue weighted by Gasteiger charge is -2.37. The smallest absolute Gasteiger partial charge is 0.303 e. The number of carboxylic acids is 1. The highest BCUT2D eigenvalue weighted by Gasteiger charge is 2.33. The number of rotatable bonds is 11. The van der Waals surface area contributed by atoms with Crippen LogP contribution in [0.5, 0.6) is 0 Å². The number of anilines is 1. The first-order valence-electron chi connectivity index (χ1n) is 12.8. The van der Waals surface area contributed by atoms with Crippen LogP contribution in [0.25, 0.3) is 6.08 Å². The number of aromatic nitrogens is 1. The normalized spacial score (nSPS) is 17.6. The molecule has 0 radical (unpaired) electrons. The third-order valence-corrected chi connectivity index (χ3v) is 8.21. The molecular formula is C26H35N5O4S2. The van der Waals surface area contributed by atoms with Crippen LogP contribution in [0.1, 0.15) is 62.6 Å². The first kappa shape index (κ1) is 28.9. The van der Waals surface area contributed by atoms with Crippen molar-refractivity contribution < 1.29 is 14.7 Å². The Hall–Kier alpha value is -2.68. The molecule has 0 saturated carbocycles. The second kappa shape index (κ2) is 13.2. The molecule has 1 amide bonds. The molecule has 1 aromatic heterocycles. The lowest BCUT2D eigenvalue weighted by Crippen LogP contribution is -2.48. The number of piperazine rings is 1. The number of nitriles is 1. The van der Waals surface area contributed by atoms with Crippen LogP contribution >= 0.6 is 24.0 Å². The van der Waals surface area contributed by atoms with E-state index in [0.29, 0.717) is 47.1 Å². The van der Waals surface area contributed by atoms with Gasteiger partial charge in [0.2, 0.25) is 0 Å². The van der Waals surface area contributed by atoms with Gasteiger partial charge in [0.25, 0.3) is 11.5 Å². The highest BCUT2D eigenvalue weighted by molar-refractivity contribution is 8.26. The Morgan fingerprint density at radius 3 is 2.43 bits per heavy atom. The molecule has 0 atom stereocenters. The fourth-order valence-electron chi connectivity index (χ4n) is 4.74. The number of likely N-dealkylation sites (N-methyl/N-ethyl adjacent to an activating group) is 1. The molecule has 2 saturated heterocycles. The number of hydrogen-bond donors (Lipinski definition) is 1. The van der Waals surface area contributed by atoms with Crippen molar-refractivity contribution in [2.24, 2.45) is 0 Å². The summed E-state index contributed by atoms with van der Waals surface area (Å²) in [4.78, 5) is 43.9.